The first-order chi connectivity index (χ1) is 15.4. The molecule has 0 aliphatic heterocycles. The molecule has 0 saturated heterocycles. The zero-order valence-corrected chi connectivity index (χ0v) is 18.4. The molecule has 0 aromatic heterocycles. The van der Waals surface area contributed by atoms with Gasteiger partial charge in [0, 0.05) is 12.6 Å². The molecule has 0 aliphatic carbocycles. The van der Waals surface area contributed by atoms with Crippen LogP contribution in [0.5, 0.6) is 11.5 Å². The van der Waals surface area contributed by atoms with E-state index in [2.05, 4.69) is 21.2 Å². The summed E-state index contributed by atoms with van der Waals surface area (Å²) in [6.07, 6.45) is 1.37. The Morgan fingerprint density at radius 1 is 1.00 bits per heavy atom. The minimum atomic E-state index is -0.860. The van der Waals surface area contributed by atoms with Gasteiger partial charge in [0.1, 0.15) is 0 Å². The Hall–Kier alpha value is -3.88. The number of carbonyl (C=O) groups excluding carboxylic acids is 3. The van der Waals surface area contributed by atoms with Crippen molar-refractivity contribution in [2.45, 2.75) is 33.4 Å². The van der Waals surface area contributed by atoms with Crippen molar-refractivity contribution in [1.29, 1.82) is 0 Å². The van der Waals surface area contributed by atoms with Crippen LogP contribution >= 0.6 is 0 Å². The molecule has 0 radical (unpaired) electrons. The Bertz CT molecular complexity index is 945. The number of ether oxygens (including phenoxy) is 2. The van der Waals surface area contributed by atoms with Gasteiger partial charge in [0.25, 0.3) is 5.91 Å². The summed E-state index contributed by atoms with van der Waals surface area (Å²) in [7, 11) is 0. The third kappa shape index (κ3) is 8.47. The maximum Gasteiger partial charge on any atom is 0.329 e. The van der Waals surface area contributed by atoms with Crippen LogP contribution < -0.4 is 25.5 Å². The largest absolute Gasteiger partial charge is 0.490 e. The predicted molar refractivity (Wildman–Crippen MR) is 120 cm³/mol. The number of hydrogen-bond donors (Lipinski definition) is 3. The second kappa shape index (κ2) is 12.7. The molecule has 170 valence electrons. The first-order valence-electron chi connectivity index (χ1n) is 10.2. The first-order valence-corrected chi connectivity index (χ1v) is 10.2. The molecule has 2 aromatic carbocycles. The minimum Gasteiger partial charge on any atom is -0.490 e. The van der Waals surface area contributed by atoms with Crippen molar-refractivity contribution in [3.05, 3.63) is 59.7 Å². The highest BCUT2D eigenvalue weighted by Crippen LogP contribution is 2.28. The van der Waals surface area contributed by atoms with Gasteiger partial charge < -0.3 is 20.1 Å². The summed E-state index contributed by atoms with van der Waals surface area (Å²) in [6, 6.07) is 14.4. The minimum absolute atomic E-state index is 0.154. The van der Waals surface area contributed by atoms with Gasteiger partial charge in [-0.1, -0.05) is 30.3 Å². The van der Waals surface area contributed by atoms with E-state index in [1.807, 2.05) is 37.3 Å². The molecule has 0 atom stereocenters. The number of amides is 3. The maximum atomic E-state index is 12.1. The molecule has 9 nitrogen and oxygen atoms in total. The fourth-order valence-electron chi connectivity index (χ4n) is 2.53. The van der Waals surface area contributed by atoms with Crippen LogP contribution in [0.4, 0.5) is 0 Å². The van der Waals surface area contributed by atoms with Crippen LogP contribution in [0, 0.1) is 0 Å². The van der Waals surface area contributed by atoms with Crippen molar-refractivity contribution in [3.8, 4) is 11.5 Å². The van der Waals surface area contributed by atoms with E-state index in [-0.39, 0.29) is 18.6 Å². The van der Waals surface area contributed by atoms with Crippen LogP contribution in [0.3, 0.4) is 0 Å². The van der Waals surface area contributed by atoms with Gasteiger partial charge in [-0.25, -0.2) is 5.43 Å². The van der Waals surface area contributed by atoms with E-state index >= 15 is 0 Å². The Morgan fingerprint density at radius 3 is 2.44 bits per heavy atom. The van der Waals surface area contributed by atoms with Crippen molar-refractivity contribution < 1.29 is 23.9 Å². The molecule has 2 aromatic rings. The summed E-state index contributed by atoms with van der Waals surface area (Å²) in [5.41, 5.74) is 3.77. The molecular weight excluding hydrogens is 412 g/mol. The molecule has 9 heteroatoms. The molecule has 32 heavy (non-hydrogen) atoms. The Kier molecular flexibility index (Phi) is 9.70. The van der Waals surface area contributed by atoms with Crippen molar-refractivity contribution in [3.63, 3.8) is 0 Å². The van der Waals surface area contributed by atoms with E-state index in [0.717, 1.165) is 5.56 Å². The van der Waals surface area contributed by atoms with E-state index in [4.69, 9.17) is 9.47 Å². The molecule has 3 N–H and O–H groups in total. The van der Waals surface area contributed by atoms with Crippen molar-refractivity contribution in [2.75, 3.05) is 13.2 Å². The van der Waals surface area contributed by atoms with Crippen molar-refractivity contribution in [1.82, 2.24) is 16.1 Å². The van der Waals surface area contributed by atoms with Crippen molar-refractivity contribution in [2.24, 2.45) is 5.10 Å². The molecule has 3 amide bonds. The average molecular weight is 441 g/mol. The number of rotatable bonds is 10. The van der Waals surface area contributed by atoms with E-state index < -0.39 is 11.8 Å². The number of hydrazone groups is 1. The predicted octanol–water partition coefficient (Wildman–Crippen LogP) is 1.76. The number of carbonyl (C=O) groups is 3. The number of nitrogens with one attached hydrogen (secondary N) is 3. The van der Waals surface area contributed by atoms with Gasteiger partial charge >= 0.3 is 11.8 Å². The molecular formula is C23H28N4O5. The molecule has 0 saturated carbocycles. The van der Waals surface area contributed by atoms with Gasteiger partial charge in [-0.05, 0) is 50.1 Å². The van der Waals surface area contributed by atoms with Gasteiger partial charge in [0.2, 0.25) is 0 Å². The van der Waals surface area contributed by atoms with E-state index in [1.54, 1.807) is 32.0 Å². The van der Waals surface area contributed by atoms with Crippen LogP contribution in [0.25, 0.3) is 0 Å². The van der Waals surface area contributed by atoms with Gasteiger partial charge in [0.05, 0.1) is 12.8 Å². The normalized spacial score (nSPS) is 10.6. The zero-order valence-electron chi connectivity index (χ0n) is 18.4. The van der Waals surface area contributed by atoms with Crippen LogP contribution in [0.1, 0.15) is 31.9 Å². The monoisotopic (exact) mass is 440 g/mol. The Balaban J connectivity index is 1.91. The summed E-state index contributed by atoms with van der Waals surface area (Å²) in [6.45, 7) is 5.97. The molecule has 0 unspecified atom stereocenters. The highest BCUT2D eigenvalue weighted by atomic mass is 16.5. The number of nitrogens with zero attached hydrogens (tertiary/aromatic N) is 1. The van der Waals surface area contributed by atoms with E-state index in [0.29, 0.717) is 30.2 Å². The van der Waals surface area contributed by atoms with Crippen LogP contribution in [0.2, 0.25) is 0 Å². The number of benzene rings is 2. The lowest BCUT2D eigenvalue weighted by Gasteiger charge is -2.12. The Morgan fingerprint density at radius 2 is 1.75 bits per heavy atom. The maximum absolute atomic E-state index is 12.1. The van der Waals surface area contributed by atoms with Gasteiger partial charge in [0.15, 0.2) is 18.1 Å². The number of hydrogen-bond acceptors (Lipinski definition) is 6. The van der Waals surface area contributed by atoms with Gasteiger partial charge in [-0.15, -0.1) is 0 Å². The molecule has 0 aliphatic rings. The quantitative estimate of drug-likeness (QED) is 0.296. The lowest BCUT2D eigenvalue weighted by molar-refractivity contribution is -0.139. The summed E-state index contributed by atoms with van der Waals surface area (Å²) in [5, 5.41) is 9.05. The molecule has 0 heterocycles. The first kappa shape index (κ1) is 24.4. The van der Waals surface area contributed by atoms with Crippen LogP contribution in [-0.4, -0.2) is 43.2 Å². The van der Waals surface area contributed by atoms with E-state index in [1.165, 1.54) is 6.21 Å². The highest BCUT2D eigenvalue weighted by Gasteiger charge is 2.13. The zero-order chi connectivity index (χ0) is 23.3. The smallest absolute Gasteiger partial charge is 0.329 e. The topological polar surface area (TPSA) is 118 Å². The summed E-state index contributed by atoms with van der Waals surface area (Å²) in [4.78, 5) is 35.3. The van der Waals surface area contributed by atoms with Crippen molar-refractivity contribution >= 4 is 23.9 Å². The fourth-order valence-corrected chi connectivity index (χ4v) is 2.53. The highest BCUT2D eigenvalue weighted by molar-refractivity contribution is 6.35. The molecule has 0 spiro atoms. The second-order valence-corrected chi connectivity index (χ2v) is 7.02. The molecule has 2 rings (SSSR count). The second-order valence-electron chi connectivity index (χ2n) is 7.02. The lowest BCUT2D eigenvalue weighted by atomic mass is 10.2. The fraction of sp³-hybridized carbons (Fsp3) is 0.304. The summed E-state index contributed by atoms with van der Waals surface area (Å²) < 4.78 is 11.2. The van der Waals surface area contributed by atoms with Crippen LogP contribution in [-0.2, 0) is 20.9 Å². The summed E-state index contributed by atoms with van der Waals surface area (Å²) >= 11 is 0. The third-order valence-corrected chi connectivity index (χ3v) is 3.96. The molecule has 0 bridgehead atoms. The van der Waals surface area contributed by atoms with E-state index in [9.17, 15) is 14.4 Å². The van der Waals surface area contributed by atoms with Gasteiger partial charge in [-0.2, -0.15) is 5.10 Å². The molecule has 0 fully saturated rings. The van der Waals surface area contributed by atoms with Gasteiger partial charge in [-0.3, -0.25) is 14.4 Å². The van der Waals surface area contributed by atoms with Crippen LogP contribution in [0.15, 0.2) is 53.6 Å². The average Bonchev–Trinajstić information content (AvgIpc) is 2.77. The Labute approximate surface area is 187 Å². The summed E-state index contributed by atoms with van der Waals surface area (Å²) in [5.74, 6) is -1.05. The SMILES string of the molecule is CCOc1cc(/C=N\NC(=O)C(=O)NC(C)C)ccc1OCC(=O)NCc1ccccc1. The third-order valence-electron chi connectivity index (χ3n) is 3.96. The standard InChI is InChI=1S/C23H28N4O5/c1-4-31-20-12-18(14-25-27-23(30)22(29)26-16(2)3)10-11-19(20)32-15-21(28)24-13-17-8-6-5-7-9-17/h5-12,14,16H,4,13,15H2,1-3H3,(H,24,28)(H,26,29)(H,27,30)/b25-14-. The lowest BCUT2D eigenvalue weighted by Crippen LogP contribution is -2.41.